The fraction of sp³-hybridized carbons (Fsp3) is 0.423. The van der Waals surface area contributed by atoms with E-state index in [-0.39, 0.29) is 178 Å². The monoisotopic (exact) mass is 1550 g/mol. The minimum absolute atomic E-state index is 0.0191. The van der Waals surface area contributed by atoms with Crippen molar-refractivity contribution in [2.75, 3.05) is 85.6 Å². The Labute approximate surface area is 633 Å². The Morgan fingerprint density at radius 2 is 1.28 bits per heavy atom. The molecule has 7 aromatic rings. The van der Waals surface area contributed by atoms with Gasteiger partial charge < -0.3 is 94.2 Å². The Morgan fingerprint density at radius 1 is 0.691 bits per heavy atom. The predicted molar refractivity (Wildman–Crippen MR) is 393 cm³/mol. The first-order valence-corrected chi connectivity index (χ1v) is 37.6. The lowest BCUT2D eigenvalue weighted by atomic mass is 9.98. The first kappa shape index (κ1) is 84.0. The van der Waals surface area contributed by atoms with Crippen LogP contribution in [-0.4, -0.2) is 198 Å². The number of nitrogens with two attached hydrogens (primary N) is 1. The predicted octanol–water partition coefficient (Wildman–Crippen LogP) is 8.70. The van der Waals surface area contributed by atoms with Gasteiger partial charge in [0.05, 0.1) is 58.8 Å². The molecule has 0 saturated carbocycles. The zero-order chi connectivity index (χ0) is 79.0. The first-order chi connectivity index (χ1) is 52.6. The number of hydrogen-bond donors (Lipinski definition) is 8. The van der Waals surface area contributed by atoms with E-state index in [4.69, 9.17) is 43.6 Å². The van der Waals surface area contributed by atoms with Gasteiger partial charge in [0.1, 0.15) is 72.7 Å². The molecule has 3 heterocycles. The largest absolute Gasteiger partial charge is 0.491 e. The zero-order valence-electron chi connectivity index (χ0n) is 61.2. The number of benzene rings is 6. The number of H-pyrrole nitrogens is 1. The number of aliphatic hydroxyl groups excluding tert-OH is 1. The van der Waals surface area contributed by atoms with E-state index < -0.39 is 102 Å². The molecule has 592 valence electrons. The normalized spacial score (nSPS) is 16.0. The summed E-state index contributed by atoms with van der Waals surface area (Å²) in [5.41, 5.74) is 1.90. The highest BCUT2D eigenvalue weighted by atomic mass is 31.2. The van der Waals surface area contributed by atoms with Gasteiger partial charge in [0.15, 0.2) is 11.5 Å². The quantitative estimate of drug-likeness (QED) is 0.0101. The van der Waals surface area contributed by atoms with Gasteiger partial charge in [0.2, 0.25) is 29.5 Å². The number of carbonyl (C=O) groups excluding carboxylic acids is 7. The summed E-state index contributed by atoms with van der Waals surface area (Å²) < 4.78 is 115. The Hall–Kier alpha value is -9.98. The molecular weight excluding hydrogens is 1460 g/mol. The number of primary amides is 1. The fourth-order valence-corrected chi connectivity index (χ4v) is 12.8. The van der Waals surface area contributed by atoms with Crippen molar-refractivity contribution in [1.82, 2.24) is 35.6 Å². The highest BCUT2D eigenvalue weighted by molar-refractivity contribution is 7.52. The molecule has 2 fully saturated rings. The molecule has 1 aromatic heterocycles. The van der Waals surface area contributed by atoms with E-state index in [0.29, 0.717) is 22.6 Å². The maximum absolute atomic E-state index is 15.1. The van der Waals surface area contributed by atoms with Crippen LogP contribution in [0.5, 0.6) is 17.2 Å². The highest BCUT2D eigenvalue weighted by Crippen LogP contribution is 2.59. The van der Waals surface area contributed by atoms with Crippen molar-refractivity contribution in [1.29, 1.82) is 0 Å². The first-order valence-electron chi connectivity index (χ1n) is 36.0. The van der Waals surface area contributed by atoms with Gasteiger partial charge in [-0.05, 0) is 130 Å². The van der Waals surface area contributed by atoms with Crippen molar-refractivity contribution < 1.29 is 108 Å². The number of aromatic nitrogens is 1. The number of nitrogens with one attached hydrogen (secondary N) is 4. The Kier molecular flexibility index (Phi) is 30.6. The van der Waals surface area contributed by atoms with Crippen LogP contribution in [0.4, 0.5) is 22.4 Å². The number of aromatic amines is 1. The average molecular weight is 1550 g/mol. The van der Waals surface area contributed by atoms with Gasteiger partial charge in [-0.2, -0.15) is 8.78 Å². The fourth-order valence-electron chi connectivity index (χ4n) is 12.3. The highest BCUT2D eigenvalue weighted by Gasteiger charge is 2.51. The molecule has 2 aliphatic heterocycles. The summed E-state index contributed by atoms with van der Waals surface area (Å²) in [7, 11) is -5.96. The molecule has 0 radical (unpaired) electrons. The zero-order valence-corrected chi connectivity index (χ0v) is 62.1. The third-order valence-electron chi connectivity index (χ3n) is 18.0. The van der Waals surface area contributed by atoms with Gasteiger partial charge in [-0.15, -0.1) is 0 Å². The van der Waals surface area contributed by atoms with Gasteiger partial charge >= 0.3 is 19.4 Å². The van der Waals surface area contributed by atoms with E-state index >= 15 is 4.79 Å². The third kappa shape index (κ3) is 25.0. The van der Waals surface area contributed by atoms with Crippen molar-refractivity contribution in [3.63, 3.8) is 0 Å². The number of amides is 7. The van der Waals surface area contributed by atoms with Gasteiger partial charge in [-0.25, -0.2) is 13.6 Å². The summed E-state index contributed by atoms with van der Waals surface area (Å²) in [6, 6.07) is 33.2. The van der Waals surface area contributed by atoms with Gasteiger partial charge in [0, 0.05) is 67.7 Å². The number of halogens is 4. The number of rotatable bonds is 40. The van der Waals surface area contributed by atoms with E-state index in [0.717, 1.165) is 35.4 Å². The molecule has 0 bridgehead atoms. The number of ether oxygens (including phenoxy) is 8. The lowest BCUT2D eigenvalue weighted by Crippen LogP contribution is -2.62. The van der Waals surface area contributed by atoms with Crippen LogP contribution in [0.3, 0.4) is 0 Å². The molecule has 110 heavy (non-hydrogen) atoms. The van der Waals surface area contributed by atoms with Crippen molar-refractivity contribution in [2.45, 2.75) is 127 Å². The second kappa shape index (κ2) is 40.1. The standard InChI is InChI=1S/C78H93F4N8O19P/c1-77(2,3)109-76(98)89(46-60(91)50-106-61-26-30-67(107-48-51-16-21-57(79)22-17-51)68(45-61)108-49-52-18-23-58(80)24-19-52)34-36-103-38-40-105-42-41-104-39-37-102-35-10-15-70(93)88-33-32-59-25-29-66(74(96)85-63(28-31-69(83)92)72(94)87-71(53-11-6-4-7-12-53)54-13-8-5-9-14-54)90(59)75(97)65(47-88)86-73(95)64-44-55-43-56(20-27-62(55)84-64)78(81,82)110(99,100)101/h4-9,11-14,16-24,26-27,30,43-45,59-60,63,65-66,71,84,91H,10,15,25,28-29,31-42,46-50H2,1-3H3,(H2,83,92)(H,85,96)(H,86,95)(H,87,94)(H2,99,100,101)/t59-,60-,63+,65+,66+/m1/s1. The van der Waals surface area contributed by atoms with Crippen LogP contribution in [-0.2, 0) is 71.1 Å². The van der Waals surface area contributed by atoms with Gasteiger partial charge in [0.25, 0.3) is 5.91 Å². The number of hydrogen-bond acceptors (Lipinski definition) is 17. The molecule has 9 N–H and O–H groups in total. The molecule has 2 aliphatic rings. The Bertz CT molecular complexity index is 4210. The molecule has 0 unspecified atom stereocenters. The van der Waals surface area contributed by atoms with Crippen molar-refractivity contribution in [2.24, 2.45) is 5.73 Å². The maximum Gasteiger partial charge on any atom is 0.410 e. The summed E-state index contributed by atoms with van der Waals surface area (Å²) in [5.74, 6) is -3.97. The van der Waals surface area contributed by atoms with E-state index in [9.17, 15) is 65.8 Å². The summed E-state index contributed by atoms with van der Waals surface area (Å²) in [6.45, 7) is 6.03. The topological polar surface area (TPSA) is 359 Å². The molecule has 32 heteroatoms. The lowest BCUT2D eigenvalue weighted by Gasteiger charge is -2.39. The average Bonchev–Trinajstić information content (AvgIpc) is 1.59. The second-order valence-electron chi connectivity index (χ2n) is 27.4. The summed E-state index contributed by atoms with van der Waals surface area (Å²) in [5, 5.41) is 19.6. The molecule has 2 saturated heterocycles. The van der Waals surface area contributed by atoms with Crippen molar-refractivity contribution in [3.05, 3.63) is 197 Å². The van der Waals surface area contributed by atoms with E-state index in [1.165, 1.54) is 39.0 Å². The molecule has 0 spiro atoms. The lowest BCUT2D eigenvalue weighted by molar-refractivity contribution is -0.145. The molecule has 5 atom stereocenters. The number of nitrogens with zero attached hydrogens (tertiary/aromatic N) is 3. The molecule has 0 aliphatic carbocycles. The van der Waals surface area contributed by atoms with Crippen LogP contribution in [0.15, 0.2) is 152 Å². The summed E-state index contributed by atoms with van der Waals surface area (Å²) in [4.78, 5) is 123. The van der Waals surface area contributed by atoms with Crippen LogP contribution < -0.4 is 35.9 Å². The second-order valence-corrected chi connectivity index (χ2v) is 29.1. The SMILES string of the molecule is CC(C)(C)OC(=O)N(CCOCCOCCOCCOCCCC(=O)N1CC[C@H]2CC[C@@H](C(=O)N[C@@H](CCC(N)=O)C(=O)NC(c3ccccc3)c3ccccc3)N2C(=O)[C@@H](NC(=O)c2cc3cc(C(F)(F)P(=O)(O)O)ccc3[nH]2)C1)C[C@@H](O)COc1ccc(OCc2ccc(F)cc2)c(OCc2ccc(F)cc2)c1. The van der Waals surface area contributed by atoms with Crippen LogP contribution in [0.2, 0.25) is 0 Å². The maximum atomic E-state index is 15.1. The van der Waals surface area contributed by atoms with Crippen molar-refractivity contribution >= 4 is 60.0 Å². The van der Waals surface area contributed by atoms with E-state index in [1.54, 1.807) is 63.2 Å². The smallest absolute Gasteiger partial charge is 0.410 e. The number of fused-ring (bicyclic) bond motifs is 2. The third-order valence-corrected chi connectivity index (χ3v) is 18.9. The number of carbonyl (C=O) groups is 7. The number of aliphatic hydroxyl groups is 1. The molecular formula is C78H93F4N8O19P. The molecule has 9 rings (SSSR count). The summed E-state index contributed by atoms with van der Waals surface area (Å²) in [6.07, 6.45) is -1.50. The Balaban J connectivity index is 0.723. The minimum Gasteiger partial charge on any atom is -0.491 e. The van der Waals surface area contributed by atoms with Crippen molar-refractivity contribution in [3.8, 4) is 17.2 Å². The van der Waals surface area contributed by atoms with Crippen LogP contribution in [0.1, 0.15) is 110 Å². The molecule has 27 nitrogen and oxygen atoms in total. The number of alkyl halides is 2. The van der Waals surface area contributed by atoms with Crippen LogP contribution in [0.25, 0.3) is 10.9 Å². The minimum atomic E-state index is -5.96. The van der Waals surface area contributed by atoms with Gasteiger partial charge in [-0.3, -0.25) is 33.3 Å². The molecule has 7 amide bonds. The van der Waals surface area contributed by atoms with Crippen LogP contribution >= 0.6 is 7.60 Å². The van der Waals surface area contributed by atoms with Crippen LogP contribution in [0, 0.1) is 11.6 Å². The molecule has 6 aromatic carbocycles. The van der Waals surface area contributed by atoms with E-state index in [2.05, 4.69) is 20.9 Å². The van der Waals surface area contributed by atoms with Gasteiger partial charge in [-0.1, -0.05) is 91.0 Å². The summed E-state index contributed by atoms with van der Waals surface area (Å²) >= 11 is 0. The van der Waals surface area contributed by atoms with E-state index in [1.807, 2.05) is 60.7 Å². The Morgan fingerprint density at radius 3 is 1.87 bits per heavy atom.